The fourth-order valence-electron chi connectivity index (χ4n) is 4.88. The number of pyridine rings is 1. The number of carbonyl (C=O) groups is 2. The number of benzene rings is 1. The molecule has 36 heavy (non-hydrogen) atoms. The van der Waals surface area contributed by atoms with Gasteiger partial charge in [0.15, 0.2) is 11.5 Å². The van der Waals surface area contributed by atoms with Gasteiger partial charge in [0.25, 0.3) is 5.91 Å². The second kappa shape index (κ2) is 10.4. The van der Waals surface area contributed by atoms with E-state index in [1.165, 1.54) is 5.56 Å². The first-order chi connectivity index (χ1) is 17.6. The number of nitrogens with zero attached hydrogens (tertiary/aromatic N) is 4. The van der Waals surface area contributed by atoms with E-state index in [0.717, 1.165) is 18.4 Å². The predicted octanol–water partition coefficient (Wildman–Crippen LogP) is 3.24. The molecule has 0 saturated carbocycles. The van der Waals surface area contributed by atoms with Crippen LogP contribution in [0.5, 0.6) is 11.5 Å². The number of morpholine rings is 1. The highest BCUT2D eigenvalue weighted by atomic mass is 16.5. The van der Waals surface area contributed by atoms with Gasteiger partial charge in [0.2, 0.25) is 0 Å². The number of fused-ring (bicyclic) bond motifs is 1. The van der Waals surface area contributed by atoms with E-state index >= 15 is 0 Å². The lowest BCUT2D eigenvalue weighted by atomic mass is 9.89. The monoisotopic (exact) mass is 493 g/mol. The molecule has 3 aromatic rings. The van der Waals surface area contributed by atoms with E-state index in [-0.39, 0.29) is 11.9 Å². The van der Waals surface area contributed by atoms with E-state index in [1.54, 1.807) is 43.1 Å². The number of amides is 3. The Bertz CT molecular complexity index is 1240. The van der Waals surface area contributed by atoms with Crippen LogP contribution >= 0.6 is 0 Å². The molecular weight excluding hydrogens is 462 g/mol. The molecule has 2 fully saturated rings. The lowest BCUT2D eigenvalue weighted by Crippen LogP contribution is -2.40. The smallest absolute Gasteiger partial charge is 0.321 e. The molecule has 1 N–H and O–H groups in total. The lowest BCUT2D eigenvalue weighted by Gasteiger charge is -2.32. The molecule has 190 valence electrons. The third-order valence-electron chi connectivity index (χ3n) is 6.96. The molecule has 10 nitrogen and oxygen atoms in total. The third kappa shape index (κ3) is 4.81. The van der Waals surface area contributed by atoms with Crippen molar-refractivity contribution in [3.8, 4) is 11.5 Å². The SMILES string of the molecule is COc1ccc(NC(=O)N2CCC(c3ccn4ncc(C(=O)N5CCOCC5)c4c3)CC2)cc1OC. The van der Waals surface area contributed by atoms with Gasteiger partial charge in [-0.3, -0.25) is 4.79 Å². The van der Waals surface area contributed by atoms with Crippen molar-refractivity contribution in [2.75, 3.05) is 58.9 Å². The molecule has 0 atom stereocenters. The molecule has 2 aliphatic rings. The molecule has 2 aromatic heterocycles. The Morgan fingerprint density at radius 2 is 1.72 bits per heavy atom. The minimum atomic E-state index is -0.134. The standard InChI is InChI=1S/C26H31N5O5/c1-34-23-4-3-20(16-24(23)35-2)28-26(33)30-8-5-18(6-9-30)19-7-10-31-22(15-19)21(17-27-31)25(32)29-11-13-36-14-12-29/h3-4,7,10,15-18H,5-6,8-9,11-14H2,1-2H3,(H,28,33). The van der Waals surface area contributed by atoms with E-state index < -0.39 is 0 Å². The average Bonchev–Trinajstić information content (AvgIpc) is 3.36. The van der Waals surface area contributed by atoms with Crippen molar-refractivity contribution in [1.29, 1.82) is 0 Å². The van der Waals surface area contributed by atoms with Crippen LogP contribution in [0.15, 0.2) is 42.7 Å². The highest BCUT2D eigenvalue weighted by Gasteiger charge is 2.26. The molecule has 1 aromatic carbocycles. The number of ether oxygens (including phenoxy) is 3. The molecule has 2 aliphatic heterocycles. The first-order valence-electron chi connectivity index (χ1n) is 12.2. The maximum atomic E-state index is 13.1. The van der Waals surface area contributed by atoms with Crippen molar-refractivity contribution in [3.05, 3.63) is 53.9 Å². The van der Waals surface area contributed by atoms with Crippen molar-refractivity contribution in [3.63, 3.8) is 0 Å². The number of nitrogens with one attached hydrogen (secondary N) is 1. The Balaban J connectivity index is 1.23. The highest BCUT2D eigenvalue weighted by molar-refractivity contribution is 6.00. The van der Waals surface area contributed by atoms with Gasteiger partial charge in [0.05, 0.1) is 44.7 Å². The zero-order valence-corrected chi connectivity index (χ0v) is 20.6. The van der Waals surface area contributed by atoms with E-state index in [4.69, 9.17) is 14.2 Å². The molecule has 10 heteroatoms. The number of hydrogen-bond acceptors (Lipinski definition) is 6. The zero-order chi connectivity index (χ0) is 25.1. The van der Waals surface area contributed by atoms with Crippen LogP contribution in [0, 0.1) is 0 Å². The fraction of sp³-hybridized carbons (Fsp3) is 0.423. The number of anilines is 1. The maximum absolute atomic E-state index is 13.1. The van der Waals surface area contributed by atoms with E-state index in [1.807, 2.05) is 16.0 Å². The minimum Gasteiger partial charge on any atom is -0.493 e. The van der Waals surface area contributed by atoms with Gasteiger partial charge in [0.1, 0.15) is 0 Å². The van der Waals surface area contributed by atoms with E-state index in [0.29, 0.717) is 68.1 Å². The van der Waals surface area contributed by atoms with Crippen molar-refractivity contribution in [2.45, 2.75) is 18.8 Å². The van der Waals surface area contributed by atoms with Crippen molar-refractivity contribution < 1.29 is 23.8 Å². The molecule has 0 radical (unpaired) electrons. The van der Waals surface area contributed by atoms with Crippen LogP contribution in [-0.2, 0) is 4.74 Å². The largest absolute Gasteiger partial charge is 0.493 e. The summed E-state index contributed by atoms with van der Waals surface area (Å²) in [4.78, 5) is 29.6. The normalized spacial score (nSPS) is 16.7. The summed E-state index contributed by atoms with van der Waals surface area (Å²) in [5.41, 5.74) is 3.26. The zero-order valence-electron chi connectivity index (χ0n) is 20.6. The topological polar surface area (TPSA) is 97.6 Å². The number of aromatic nitrogens is 2. The van der Waals surface area contributed by atoms with Gasteiger partial charge in [-0.05, 0) is 48.6 Å². The number of carbonyl (C=O) groups excluding carboxylic acids is 2. The summed E-state index contributed by atoms with van der Waals surface area (Å²) in [5, 5.41) is 7.33. The van der Waals surface area contributed by atoms with Gasteiger partial charge >= 0.3 is 6.03 Å². The molecule has 0 unspecified atom stereocenters. The second-order valence-corrected chi connectivity index (χ2v) is 9.01. The van der Waals surface area contributed by atoms with Gasteiger partial charge in [-0.25, -0.2) is 9.31 Å². The van der Waals surface area contributed by atoms with Crippen LogP contribution in [0.1, 0.15) is 34.7 Å². The van der Waals surface area contributed by atoms with Crippen molar-refractivity contribution in [1.82, 2.24) is 19.4 Å². The first kappa shape index (κ1) is 23.9. The van der Waals surface area contributed by atoms with Crippen LogP contribution in [0.3, 0.4) is 0 Å². The number of methoxy groups -OCH3 is 2. The summed E-state index contributed by atoms with van der Waals surface area (Å²) < 4.78 is 17.7. The Labute approximate surface area is 209 Å². The summed E-state index contributed by atoms with van der Waals surface area (Å²) >= 11 is 0. The third-order valence-corrected chi connectivity index (χ3v) is 6.96. The number of urea groups is 1. The van der Waals surface area contributed by atoms with Crippen molar-refractivity contribution in [2.24, 2.45) is 0 Å². The number of likely N-dealkylation sites (tertiary alicyclic amines) is 1. The quantitative estimate of drug-likeness (QED) is 0.586. The minimum absolute atomic E-state index is 0.00731. The number of piperidine rings is 1. The lowest BCUT2D eigenvalue weighted by molar-refractivity contribution is 0.0304. The molecule has 5 rings (SSSR count). The van der Waals surface area contributed by atoms with Gasteiger partial charge in [-0.1, -0.05) is 0 Å². The Morgan fingerprint density at radius 1 is 0.972 bits per heavy atom. The summed E-state index contributed by atoms with van der Waals surface area (Å²) in [7, 11) is 3.14. The van der Waals surface area contributed by atoms with Crippen LogP contribution < -0.4 is 14.8 Å². The molecule has 2 saturated heterocycles. The van der Waals surface area contributed by atoms with Gasteiger partial charge < -0.3 is 29.3 Å². The van der Waals surface area contributed by atoms with Crippen LogP contribution in [-0.4, -0.2) is 85.0 Å². The summed E-state index contributed by atoms with van der Waals surface area (Å²) in [6.45, 7) is 3.61. The van der Waals surface area contributed by atoms with Gasteiger partial charge in [-0.2, -0.15) is 5.10 Å². The number of hydrogen-bond donors (Lipinski definition) is 1. The number of rotatable bonds is 5. The second-order valence-electron chi connectivity index (χ2n) is 9.01. The van der Waals surface area contributed by atoms with Crippen LogP contribution in [0.2, 0.25) is 0 Å². The van der Waals surface area contributed by atoms with Crippen molar-refractivity contribution >= 4 is 23.1 Å². The van der Waals surface area contributed by atoms with E-state index in [2.05, 4.69) is 22.5 Å². The van der Waals surface area contributed by atoms with Gasteiger partial charge in [-0.15, -0.1) is 0 Å². The summed E-state index contributed by atoms with van der Waals surface area (Å²) in [6.07, 6.45) is 5.25. The fourth-order valence-corrected chi connectivity index (χ4v) is 4.88. The highest BCUT2D eigenvalue weighted by Crippen LogP contribution is 2.32. The Kier molecular flexibility index (Phi) is 6.95. The van der Waals surface area contributed by atoms with Crippen LogP contribution in [0.25, 0.3) is 5.52 Å². The Morgan fingerprint density at radius 3 is 2.44 bits per heavy atom. The molecule has 3 amide bonds. The molecular formula is C26H31N5O5. The summed E-state index contributed by atoms with van der Waals surface area (Å²) in [6, 6.07) is 9.32. The average molecular weight is 494 g/mol. The van der Waals surface area contributed by atoms with Crippen LogP contribution in [0.4, 0.5) is 10.5 Å². The molecule has 0 spiro atoms. The predicted molar refractivity (Wildman–Crippen MR) is 134 cm³/mol. The summed E-state index contributed by atoms with van der Waals surface area (Å²) in [5.74, 6) is 1.48. The van der Waals surface area contributed by atoms with Gasteiger partial charge in [0, 0.05) is 44.1 Å². The maximum Gasteiger partial charge on any atom is 0.321 e. The first-order valence-corrected chi connectivity index (χ1v) is 12.2. The molecule has 0 aliphatic carbocycles. The Hall–Kier alpha value is -3.79. The molecule has 0 bridgehead atoms. The van der Waals surface area contributed by atoms with E-state index in [9.17, 15) is 9.59 Å². The molecule has 4 heterocycles.